The predicted molar refractivity (Wildman–Crippen MR) is 74.6 cm³/mol. The second kappa shape index (κ2) is 4.94. The summed E-state index contributed by atoms with van der Waals surface area (Å²) in [4.78, 5) is 3.95. The molecule has 0 aliphatic rings. The van der Waals surface area contributed by atoms with Gasteiger partial charge in [-0.25, -0.2) is 4.39 Å². The van der Waals surface area contributed by atoms with E-state index < -0.39 is 5.82 Å². The lowest BCUT2D eigenvalue weighted by Crippen LogP contribution is -1.89. The van der Waals surface area contributed by atoms with Crippen LogP contribution in [0.5, 0.6) is 0 Å². The number of benzene rings is 1. The Morgan fingerprint density at radius 1 is 1.15 bits per heavy atom. The molecule has 0 atom stereocenters. The van der Waals surface area contributed by atoms with Crippen LogP contribution in [0.4, 0.5) is 10.2 Å². The van der Waals surface area contributed by atoms with Crippen molar-refractivity contribution in [3.05, 3.63) is 53.6 Å². The average molecular weight is 290 g/mol. The highest BCUT2D eigenvalue weighted by atomic mass is 35.5. The Labute approximate surface area is 119 Å². The highest BCUT2D eigenvalue weighted by Gasteiger charge is 2.19. The number of nitrogens with zero attached hydrogens (tertiary/aromatic N) is 2. The maximum absolute atomic E-state index is 13.1. The van der Waals surface area contributed by atoms with Crippen molar-refractivity contribution in [1.29, 1.82) is 0 Å². The third kappa shape index (κ3) is 2.12. The molecule has 2 N–H and O–H groups in total. The smallest absolute Gasteiger partial charge is 0.178 e. The van der Waals surface area contributed by atoms with Crippen LogP contribution < -0.4 is 5.73 Å². The number of hydrogen-bond acceptors (Lipinski definition) is 4. The molecule has 0 unspecified atom stereocenters. The number of anilines is 1. The van der Waals surface area contributed by atoms with Crippen molar-refractivity contribution in [3.8, 4) is 22.5 Å². The standard InChI is InChI=1S/C14H9ClFN3O/c15-11-7-9(16)1-2-10(11)13-12(14(17)19-20-13)8-3-5-18-6-4-8/h1-7H,(H2,17,19). The zero-order valence-electron chi connectivity index (χ0n) is 10.2. The summed E-state index contributed by atoms with van der Waals surface area (Å²) in [5.74, 6) is 0.224. The number of aromatic nitrogens is 2. The molecule has 0 saturated carbocycles. The van der Waals surface area contributed by atoms with Gasteiger partial charge in [-0.1, -0.05) is 16.8 Å². The fourth-order valence-corrected chi connectivity index (χ4v) is 2.21. The van der Waals surface area contributed by atoms with E-state index in [1.54, 1.807) is 24.5 Å². The van der Waals surface area contributed by atoms with Gasteiger partial charge in [0.15, 0.2) is 11.6 Å². The highest BCUT2D eigenvalue weighted by molar-refractivity contribution is 6.33. The van der Waals surface area contributed by atoms with E-state index in [2.05, 4.69) is 10.1 Å². The van der Waals surface area contributed by atoms with Crippen molar-refractivity contribution in [1.82, 2.24) is 10.1 Å². The second-order valence-electron chi connectivity index (χ2n) is 4.13. The van der Waals surface area contributed by atoms with Gasteiger partial charge in [0.05, 0.1) is 10.6 Å². The minimum absolute atomic E-state index is 0.233. The van der Waals surface area contributed by atoms with Gasteiger partial charge in [-0.3, -0.25) is 4.98 Å². The topological polar surface area (TPSA) is 64.9 Å². The molecule has 3 rings (SSSR count). The molecule has 0 radical (unpaired) electrons. The molecular weight excluding hydrogens is 281 g/mol. The molecule has 2 heterocycles. The molecule has 0 saturated heterocycles. The minimum Gasteiger partial charge on any atom is -0.380 e. The summed E-state index contributed by atoms with van der Waals surface area (Å²) in [6.07, 6.45) is 3.27. The van der Waals surface area contributed by atoms with Crippen LogP contribution in [0.3, 0.4) is 0 Å². The fourth-order valence-electron chi connectivity index (χ4n) is 1.96. The monoisotopic (exact) mass is 289 g/mol. The van der Waals surface area contributed by atoms with E-state index in [9.17, 15) is 4.39 Å². The lowest BCUT2D eigenvalue weighted by atomic mass is 10.0. The summed E-state index contributed by atoms with van der Waals surface area (Å²) in [6.45, 7) is 0. The summed E-state index contributed by atoms with van der Waals surface area (Å²) in [5.41, 5.74) is 7.79. The largest absolute Gasteiger partial charge is 0.380 e. The first-order valence-corrected chi connectivity index (χ1v) is 6.15. The molecule has 4 nitrogen and oxygen atoms in total. The molecule has 1 aromatic carbocycles. The molecule has 2 aromatic heterocycles. The number of hydrogen-bond donors (Lipinski definition) is 1. The molecule has 0 amide bonds. The van der Waals surface area contributed by atoms with Gasteiger partial charge in [-0.15, -0.1) is 0 Å². The summed E-state index contributed by atoms with van der Waals surface area (Å²) in [5, 5.41) is 4.00. The number of rotatable bonds is 2. The third-order valence-electron chi connectivity index (χ3n) is 2.86. The third-order valence-corrected chi connectivity index (χ3v) is 3.18. The Kier molecular flexibility index (Phi) is 3.12. The van der Waals surface area contributed by atoms with Crippen LogP contribution in [-0.4, -0.2) is 10.1 Å². The van der Waals surface area contributed by atoms with E-state index in [0.29, 0.717) is 16.9 Å². The van der Waals surface area contributed by atoms with Crippen molar-refractivity contribution < 1.29 is 8.91 Å². The van der Waals surface area contributed by atoms with Gasteiger partial charge in [-0.05, 0) is 35.9 Å². The quantitative estimate of drug-likeness (QED) is 0.780. The van der Waals surface area contributed by atoms with Gasteiger partial charge >= 0.3 is 0 Å². The zero-order chi connectivity index (χ0) is 14.1. The second-order valence-corrected chi connectivity index (χ2v) is 4.54. The minimum atomic E-state index is -0.420. The Bertz CT molecular complexity index is 758. The molecule has 0 fully saturated rings. The molecule has 0 aliphatic heterocycles. The molecule has 20 heavy (non-hydrogen) atoms. The highest BCUT2D eigenvalue weighted by Crippen LogP contribution is 2.39. The molecule has 0 spiro atoms. The number of pyridine rings is 1. The summed E-state index contributed by atoms with van der Waals surface area (Å²) >= 11 is 6.05. The van der Waals surface area contributed by atoms with Crippen LogP contribution in [0.15, 0.2) is 47.2 Å². The average Bonchev–Trinajstić information content (AvgIpc) is 2.81. The normalized spacial score (nSPS) is 10.7. The van der Waals surface area contributed by atoms with Crippen molar-refractivity contribution in [2.24, 2.45) is 0 Å². The SMILES string of the molecule is Nc1noc(-c2ccc(F)cc2Cl)c1-c1ccncc1. The number of nitrogens with two attached hydrogens (primary N) is 1. The van der Waals surface area contributed by atoms with E-state index in [0.717, 1.165) is 5.56 Å². The van der Waals surface area contributed by atoms with Gasteiger partial charge < -0.3 is 10.3 Å². The molecule has 6 heteroatoms. The molecule has 0 aliphatic carbocycles. The van der Waals surface area contributed by atoms with Crippen LogP contribution in [0.2, 0.25) is 5.02 Å². The summed E-state index contributed by atoms with van der Waals surface area (Å²) in [6, 6.07) is 7.61. The maximum atomic E-state index is 13.1. The Balaban J connectivity index is 2.21. The fraction of sp³-hybridized carbons (Fsp3) is 0. The van der Waals surface area contributed by atoms with E-state index >= 15 is 0 Å². The molecule has 3 aromatic rings. The van der Waals surface area contributed by atoms with Crippen LogP contribution in [-0.2, 0) is 0 Å². The van der Waals surface area contributed by atoms with Gasteiger partial charge in [0, 0.05) is 18.0 Å². The lowest BCUT2D eigenvalue weighted by molar-refractivity contribution is 0.436. The van der Waals surface area contributed by atoms with Crippen LogP contribution in [0, 0.1) is 5.82 Å². The molecule has 0 bridgehead atoms. The van der Waals surface area contributed by atoms with E-state index in [1.165, 1.54) is 18.2 Å². The van der Waals surface area contributed by atoms with Crippen LogP contribution in [0.1, 0.15) is 0 Å². The Morgan fingerprint density at radius 2 is 1.90 bits per heavy atom. The lowest BCUT2D eigenvalue weighted by Gasteiger charge is -2.04. The van der Waals surface area contributed by atoms with Crippen LogP contribution in [0.25, 0.3) is 22.5 Å². The van der Waals surface area contributed by atoms with Gasteiger partial charge in [0.1, 0.15) is 5.82 Å². The number of nitrogen functional groups attached to an aromatic ring is 1. The molecule has 100 valence electrons. The van der Waals surface area contributed by atoms with E-state index in [1.807, 2.05) is 0 Å². The van der Waals surface area contributed by atoms with E-state index in [4.69, 9.17) is 21.9 Å². The van der Waals surface area contributed by atoms with Crippen molar-refractivity contribution >= 4 is 17.4 Å². The first-order chi connectivity index (χ1) is 9.66. The predicted octanol–water partition coefficient (Wildman–Crippen LogP) is 3.78. The van der Waals surface area contributed by atoms with Gasteiger partial charge in [0.25, 0.3) is 0 Å². The molecular formula is C14H9ClFN3O. The Morgan fingerprint density at radius 3 is 2.60 bits per heavy atom. The van der Waals surface area contributed by atoms with Gasteiger partial charge in [0.2, 0.25) is 0 Å². The summed E-state index contributed by atoms with van der Waals surface area (Å²) in [7, 11) is 0. The van der Waals surface area contributed by atoms with Gasteiger partial charge in [-0.2, -0.15) is 0 Å². The first kappa shape index (κ1) is 12.6. The van der Waals surface area contributed by atoms with Crippen molar-refractivity contribution in [2.45, 2.75) is 0 Å². The maximum Gasteiger partial charge on any atom is 0.178 e. The van der Waals surface area contributed by atoms with Crippen molar-refractivity contribution in [3.63, 3.8) is 0 Å². The first-order valence-electron chi connectivity index (χ1n) is 5.78. The number of halogens is 2. The Hall–Kier alpha value is -2.40. The van der Waals surface area contributed by atoms with Crippen LogP contribution >= 0.6 is 11.6 Å². The van der Waals surface area contributed by atoms with Crippen molar-refractivity contribution in [2.75, 3.05) is 5.73 Å². The summed E-state index contributed by atoms with van der Waals surface area (Å²) < 4.78 is 18.4. The van der Waals surface area contributed by atoms with E-state index in [-0.39, 0.29) is 10.8 Å². The zero-order valence-corrected chi connectivity index (χ0v) is 10.9.